The van der Waals surface area contributed by atoms with E-state index in [0.717, 1.165) is 23.5 Å². The van der Waals surface area contributed by atoms with Crippen LogP contribution in [0.15, 0.2) is 6.07 Å². The van der Waals surface area contributed by atoms with Crippen LogP contribution in [0, 0.1) is 13.8 Å². The van der Waals surface area contributed by atoms with Gasteiger partial charge in [-0.25, -0.2) is 4.79 Å². The number of ether oxygens (including phenoxy) is 1. The van der Waals surface area contributed by atoms with Gasteiger partial charge in [0.15, 0.2) is 0 Å². The lowest BCUT2D eigenvalue weighted by Gasteiger charge is -2.19. The Morgan fingerprint density at radius 3 is 2.50 bits per heavy atom. The van der Waals surface area contributed by atoms with Gasteiger partial charge in [0, 0.05) is 11.7 Å². The summed E-state index contributed by atoms with van der Waals surface area (Å²) >= 11 is 0. The smallest absolute Gasteiger partial charge is 0.342 e. The van der Waals surface area contributed by atoms with Crippen LogP contribution >= 0.6 is 0 Å². The predicted octanol–water partition coefficient (Wildman–Crippen LogP) is 5.43. The number of hydrogen-bond acceptors (Lipinski definition) is 4. The molecule has 24 heavy (non-hydrogen) atoms. The first-order chi connectivity index (χ1) is 11.5. The van der Waals surface area contributed by atoms with Crippen LogP contribution in [0.2, 0.25) is 0 Å². The Bertz CT molecular complexity index is 515. The number of aromatic nitrogens is 1. The maximum absolute atomic E-state index is 12.2. The highest BCUT2D eigenvalue weighted by Gasteiger charge is 2.18. The molecule has 0 fully saturated rings. The summed E-state index contributed by atoms with van der Waals surface area (Å²) in [6, 6.07) is 2.27. The van der Waals surface area contributed by atoms with Gasteiger partial charge in [-0.15, -0.1) is 0 Å². The number of nitrogens with one attached hydrogen (secondary N) is 1. The predicted molar refractivity (Wildman–Crippen MR) is 101 cm³/mol. The second kappa shape index (κ2) is 11.1. The molecule has 1 unspecified atom stereocenters. The zero-order valence-electron chi connectivity index (χ0n) is 16.1. The highest BCUT2D eigenvalue weighted by molar-refractivity contribution is 5.96. The SMILES string of the molecule is CCCCCCCCC(C)Nc1cc(C)nc(C)c1C(=O)OCC. The van der Waals surface area contributed by atoms with E-state index in [9.17, 15) is 4.79 Å². The summed E-state index contributed by atoms with van der Waals surface area (Å²) in [4.78, 5) is 16.6. The fraction of sp³-hybridized carbons (Fsp3) is 0.700. The number of unbranched alkanes of at least 4 members (excludes halogenated alkanes) is 5. The molecule has 0 aliphatic rings. The van der Waals surface area contributed by atoms with E-state index >= 15 is 0 Å². The number of carbonyl (C=O) groups excluding carboxylic acids is 1. The molecule has 4 nitrogen and oxygen atoms in total. The lowest BCUT2D eigenvalue weighted by Crippen LogP contribution is -2.19. The van der Waals surface area contributed by atoms with Crippen LogP contribution in [0.5, 0.6) is 0 Å². The number of aryl methyl sites for hydroxylation is 2. The third-order valence-electron chi connectivity index (χ3n) is 4.20. The topological polar surface area (TPSA) is 51.2 Å². The minimum Gasteiger partial charge on any atom is -0.462 e. The third kappa shape index (κ3) is 6.90. The van der Waals surface area contributed by atoms with Crippen LogP contribution in [-0.4, -0.2) is 23.6 Å². The van der Waals surface area contributed by atoms with E-state index in [1.807, 2.05) is 26.8 Å². The average Bonchev–Trinajstić information content (AvgIpc) is 2.50. The molecule has 0 aliphatic carbocycles. The Morgan fingerprint density at radius 2 is 1.83 bits per heavy atom. The number of esters is 1. The zero-order chi connectivity index (χ0) is 17.9. The number of rotatable bonds is 11. The minimum absolute atomic E-state index is 0.295. The van der Waals surface area contributed by atoms with Gasteiger partial charge in [-0.1, -0.05) is 45.4 Å². The summed E-state index contributed by atoms with van der Waals surface area (Å²) in [6.07, 6.45) is 8.90. The van der Waals surface area contributed by atoms with Gasteiger partial charge in [-0.2, -0.15) is 0 Å². The van der Waals surface area contributed by atoms with E-state index in [-0.39, 0.29) is 5.97 Å². The first-order valence-electron chi connectivity index (χ1n) is 9.41. The number of anilines is 1. The summed E-state index contributed by atoms with van der Waals surface area (Å²) in [5.41, 5.74) is 3.05. The Balaban J connectivity index is 2.63. The van der Waals surface area contributed by atoms with E-state index < -0.39 is 0 Å². The van der Waals surface area contributed by atoms with E-state index in [1.54, 1.807) is 0 Å². The van der Waals surface area contributed by atoms with Crippen molar-refractivity contribution in [1.29, 1.82) is 0 Å². The molecule has 0 aliphatic heterocycles. The molecule has 1 N–H and O–H groups in total. The maximum Gasteiger partial charge on any atom is 0.342 e. The molecule has 1 heterocycles. The van der Waals surface area contributed by atoms with Crippen LogP contribution in [0.3, 0.4) is 0 Å². The molecular formula is C20H34N2O2. The summed E-state index contributed by atoms with van der Waals surface area (Å²) in [6.45, 7) is 10.4. The van der Waals surface area contributed by atoms with Crippen LogP contribution in [0.1, 0.15) is 87.5 Å². The molecule has 0 saturated carbocycles. The Morgan fingerprint density at radius 1 is 1.17 bits per heavy atom. The quantitative estimate of drug-likeness (QED) is 0.433. The van der Waals surface area contributed by atoms with Crippen molar-refractivity contribution in [2.45, 2.75) is 85.6 Å². The van der Waals surface area contributed by atoms with Crippen molar-refractivity contribution in [3.63, 3.8) is 0 Å². The van der Waals surface area contributed by atoms with Gasteiger partial charge in [-0.3, -0.25) is 4.98 Å². The van der Waals surface area contributed by atoms with Crippen molar-refractivity contribution in [3.8, 4) is 0 Å². The van der Waals surface area contributed by atoms with Crippen molar-refractivity contribution in [2.75, 3.05) is 11.9 Å². The van der Waals surface area contributed by atoms with Gasteiger partial charge in [0.2, 0.25) is 0 Å². The zero-order valence-corrected chi connectivity index (χ0v) is 16.1. The van der Waals surface area contributed by atoms with Crippen LogP contribution in [0.4, 0.5) is 5.69 Å². The number of hydrogen-bond donors (Lipinski definition) is 1. The minimum atomic E-state index is -0.295. The second-order valence-electron chi connectivity index (χ2n) is 6.59. The van der Waals surface area contributed by atoms with E-state index in [0.29, 0.717) is 18.2 Å². The molecule has 1 aromatic rings. The van der Waals surface area contributed by atoms with Gasteiger partial charge < -0.3 is 10.1 Å². The molecule has 136 valence electrons. The molecule has 1 rings (SSSR count). The van der Waals surface area contributed by atoms with Crippen molar-refractivity contribution in [3.05, 3.63) is 23.0 Å². The van der Waals surface area contributed by atoms with Crippen molar-refractivity contribution in [1.82, 2.24) is 4.98 Å². The van der Waals surface area contributed by atoms with Crippen LogP contribution < -0.4 is 5.32 Å². The lowest BCUT2D eigenvalue weighted by molar-refractivity contribution is 0.0526. The standard InChI is InChI=1S/C20H34N2O2/c1-6-8-9-10-11-12-13-15(3)22-18-14-16(4)21-17(5)19(18)20(23)24-7-2/h14-15H,6-13H2,1-5H3,(H,21,22). The summed E-state index contributed by atoms with van der Waals surface area (Å²) in [5.74, 6) is -0.295. The molecule has 0 bridgehead atoms. The van der Waals surface area contributed by atoms with Gasteiger partial charge in [0.1, 0.15) is 5.56 Å². The maximum atomic E-state index is 12.2. The highest BCUT2D eigenvalue weighted by atomic mass is 16.5. The molecule has 0 spiro atoms. The first-order valence-corrected chi connectivity index (χ1v) is 9.41. The third-order valence-corrected chi connectivity index (χ3v) is 4.20. The Hall–Kier alpha value is -1.58. The van der Waals surface area contributed by atoms with Crippen molar-refractivity contribution < 1.29 is 9.53 Å². The van der Waals surface area contributed by atoms with Crippen molar-refractivity contribution in [2.24, 2.45) is 0 Å². The van der Waals surface area contributed by atoms with E-state index in [4.69, 9.17) is 4.74 Å². The molecule has 0 radical (unpaired) electrons. The molecule has 0 saturated heterocycles. The summed E-state index contributed by atoms with van der Waals surface area (Å²) in [5, 5.41) is 3.49. The molecule has 0 amide bonds. The van der Waals surface area contributed by atoms with Gasteiger partial charge >= 0.3 is 5.97 Å². The van der Waals surface area contributed by atoms with E-state index in [1.165, 1.54) is 38.5 Å². The summed E-state index contributed by atoms with van der Waals surface area (Å²) < 4.78 is 5.19. The number of nitrogens with zero attached hydrogens (tertiary/aromatic N) is 1. The Labute approximate surface area is 147 Å². The molecule has 1 atom stereocenters. The molecule has 1 aromatic heterocycles. The first kappa shape index (κ1) is 20.5. The average molecular weight is 335 g/mol. The summed E-state index contributed by atoms with van der Waals surface area (Å²) in [7, 11) is 0. The van der Waals surface area contributed by atoms with Gasteiger partial charge in [0.25, 0.3) is 0 Å². The lowest BCUT2D eigenvalue weighted by atomic mass is 10.1. The van der Waals surface area contributed by atoms with Crippen molar-refractivity contribution >= 4 is 11.7 Å². The van der Waals surface area contributed by atoms with E-state index in [2.05, 4.69) is 24.1 Å². The number of pyridine rings is 1. The normalized spacial score (nSPS) is 12.0. The van der Waals surface area contributed by atoms with Gasteiger partial charge in [0.05, 0.1) is 18.0 Å². The Kier molecular flexibility index (Phi) is 9.43. The number of carbonyl (C=O) groups is 1. The monoisotopic (exact) mass is 334 g/mol. The largest absolute Gasteiger partial charge is 0.462 e. The highest BCUT2D eigenvalue weighted by Crippen LogP contribution is 2.23. The van der Waals surface area contributed by atoms with Crippen LogP contribution in [-0.2, 0) is 4.74 Å². The second-order valence-corrected chi connectivity index (χ2v) is 6.59. The molecular weight excluding hydrogens is 300 g/mol. The van der Waals surface area contributed by atoms with Crippen LogP contribution in [0.25, 0.3) is 0 Å². The fourth-order valence-corrected chi connectivity index (χ4v) is 2.97. The molecule has 0 aromatic carbocycles. The fourth-order valence-electron chi connectivity index (χ4n) is 2.97. The molecule has 4 heteroatoms. The van der Waals surface area contributed by atoms with Gasteiger partial charge in [-0.05, 0) is 40.2 Å².